The van der Waals surface area contributed by atoms with E-state index in [0.717, 1.165) is 4.90 Å². The summed E-state index contributed by atoms with van der Waals surface area (Å²) in [7, 11) is 0. The van der Waals surface area contributed by atoms with Gasteiger partial charge in [-0.25, -0.2) is 4.98 Å². The molecule has 0 aromatic carbocycles. The molecule has 0 fully saturated rings. The molecule has 0 spiro atoms. The van der Waals surface area contributed by atoms with Crippen LogP contribution in [0.4, 0.5) is 27.8 Å². The SMILES string of the molecule is O=C(CCN(C(=O)C1=CC=C=C=C1)c1ccccn1)OCC(F)(F)C(F)(F)F. The van der Waals surface area contributed by atoms with Gasteiger partial charge in [0.15, 0.2) is 6.61 Å². The van der Waals surface area contributed by atoms with E-state index in [4.69, 9.17) is 0 Å². The summed E-state index contributed by atoms with van der Waals surface area (Å²) >= 11 is 0. The number of esters is 1. The Morgan fingerprint density at radius 2 is 1.89 bits per heavy atom. The first kappa shape index (κ1) is 21.1. The van der Waals surface area contributed by atoms with Crippen molar-refractivity contribution in [1.82, 2.24) is 4.98 Å². The van der Waals surface area contributed by atoms with Gasteiger partial charge in [0.2, 0.25) is 0 Å². The second-order valence-corrected chi connectivity index (χ2v) is 5.48. The van der Waals surface area contributed by atoms with Crippen molar-refractivity contribution in [2.24, 2.45) is 0 Å². The molecule has 0 atom stereocenters. The Labute approximate surface area is 156 Å². The quantitative estimate of drug-likeness (QED) is 0.400. The van der Waals surface area contributed by atoms with Crippen molar-refractivity contribution in [2.75, 3.05) is 18.1 Å². The Balaban J connectivity index is 2.04. The molecule has 0 unspecified atom stereocenters. The second kappa shape index (κ2) is 8.65. The highest BCUT2D eigenvalue weighted by atomic mass is 19.4. The molecule has 0 N–H and O–H groups in total. The van der Waals surface area contributed by atoms with Crippen LogP contribution in [0.15, 0.2) is 59.7 Å². The second-order valence-electron chi connectivity index (χ2n) is 5.48. The van der Waals surface area contributed by atoms with Crippen molar-refractivity contribution in [2.45, 2.75) is 18.5 Å². The fourth-order valence-electron chi connectivity index (χ4n) is 2.00. The third-order valence-electron chi connectivity index (χ3n) is 3.44. The predicted molar refractivity (Wildman–Crippen MR) is 87.4 cm³/mol. The highest BCUT2D eigenvalue weighted by Crippen LogP contribution is 2.35. The Morgan fingerprint density at radius 3 is 2.46 bits per heavy atom. The monoisotopic (exact) mass is 400 g/mol. The van der Waals surface area contributed by atoms with Gasteiger partial charge >= 0.3 is 18.1 Å². The Hall–Kier alpha value is -3.22. The molecule has 2 rings (SSSR count). The molecule has 1 aliphatic rings. The van der Waals surface area contributed by atoms with Gasteiger partial charge in [-0.2, -0.15) is 22.0 Å². The molecule has 0 saturated carbocycles. The van der Waals surface area contributed by atoms with E-state index in [2.05, 4.69) is 21.2 Å². The number of alkyl halides is 5. The number of hydrogen-bond donors (Lipinski definition) is 0. The van der Waals surface area contributed by atoms with Gasteiger partial charge in [-0.15, -0.1) is 0 Å². The summed E-state index contributed by atoms with van der Waals surface area (Å²) < 4.78 is 66.0. The lowest BCUT2D eigenvalue weighted by molar-refractivity contribution is -0.294. The van der Waals surface area contributed by atoms with Crippen LogP contribution in [0, 0.1) is 0 Å². The van der Waals surface area contributed by atoms with Crippen molar-refractivity contribution < 1.29 is 36.3 Å². The van der Waals surface area contributed by atoms with Crippen LogP contribution in [0.5, 0.6) is 0 Å². The topological polar surface area (TPSA) is 59.5 Å². The molecule has 0 aliphatic heterocycles. The average molecular weight is 400 g/mol. The van der Waals surface area contributed by atoms with Crippen LogP contribution < -0.4 is 4.90 Å². The van der Waals surface area contributed by atoms with Crippen LogP contribution >= 0.6 is 0 Å². The molecule has 5 nitrogen and oxygen atoms in total. The minimum absolute atomic E-state index is 0.161. The molecule has 1 aromatic heterocycles. The maximum atomic E-state index is 12.8. The number of carbonyl (C=O) groups is 2. The predicted octanol–water partition coefficient (Wildman–Crippen LogP) is 3.35. The summed E-state index contributed by atoms with van der Waals surface area (Å²) in [5, 5.41) is 0. The van der Waals surface area contributed by atoms with Gasteiger partial charge in [-0.05, 0) is 24.3 Å². The number of rotatable bonds is 7. The van der Waals surface area contributed by atoms with Gasteiger partial charge in [0.05, 0.1) is 6.42 Å². The van der Waals surface area contributed by atoms with E-state index in [9.17, 15) is 31.5 Å². The van der Waals surface area contributed by atoms with Crippen molar-refractivity contribution in [1.29, 1.82) is 0 Å². The highest BCUT2D eigenvalue weighted by Gasteiger charge is 2.58. The summed E-state index contributed by atoms with van der Waals surface area (Å²) in [5.74, 6) is -6.88. The van der Waals surface area contributed by atoms with E-state index >= 15 is 0 Å². The maximum Gasteiger partial charge on any atom is 0.456 e. The van der Waals surface area contributed by atoms with E-state index in [1.165, 1.54) is 30.5 Å². The first-order valence-corrected chi connectivity index (χ1v) is 7.83. The third-order valence-corrected chi connectivity index (χ3v) is 3.44. The molecule has 1 aliphatic carbocycles. The van der Waals surface area contributed by atoms with Gasteiger partial charge in [0.1, 0.15) is 5.82 Å². The number of nitrogens with zero attached hydrogens (tertiary/aromatic N) is 2. The molecule has 1 amide bonds. The number of anilines is 1. The number of amides is 1. The van der Waals surface area contributed by atoms with Gasteiger partial charge in [-0.1, -0.05) is 17.5 Å². The molecular weight excluding hydrogens is 387 g/mol. The minimum Gasteiger partial charge on any atom is -0.459 e. The van der Waals surface area contributed by atoms with Crippen LogP contribution in [-0.4, -0.2) is 42.1 Å². The summed E-state index contributed by atoms with van der Waals surface area (Å²) in [6.45, 7) is -2.47. The average Bonchev–Trinajstić information content (AvgIpc) is 2.67. The lowest BCUT2D eigenvalue weighted by Crippen LogP contribution is -2.41. The summed E-state index contributed by atoms with van der Waals surface area (Å²) in [4.78, 5) is 29.3. The standard InChI is InChI=1S/C18H13F5N2O3/c19-17(20,18(21,22)23)12-28-15(26)9-11-25(14-8-4-5-10-24-14)16(27)13-6-2-1-3-7-13/h2,4-8,10H,9,11-12H2. The minimum atomic E-state index is -5.83. The van der Waals surface area contributed by atoms with E-state index in [0.29, 0.717) is 0 Å². The van der Waals surface area contributed by atoms with Gasteiger partial charge in [0, 0.05) is 24.4 Å². The maximum absolute atomic E-state index is 12.8. The lowest BCUT2D eigenvalue weighted by Gasteiger charge is -2.22. The third kappa shape index (κ3) is 5.39. The van der Waals surface area contributed by atoms with Gasteiger partial charge < -0.3 is 4.74 Å². The molecule has 0 bridgehead atoms. The van der Waals surface area contributed by atoms with Gasteiger partial charge in [0.25, 0.3) is 5.91 Å². The van der Waals surface area contributed by atoms with E-state index < -0.39 is 37.0 Å². The Kier molecular flexibility index (Phi) is 6.51. The van der Waals surface area contributed by atoms with Crippen molar-refractivity contribution in [3.05, 3.63) is 59.7 Å². The molecule has 0 saturated heterocycles. The van der Waals surface area contributed by atoms with E-state index in [1.807, 2.05) is 0 Å². The molecule has 1 heterocycles. The zero-order valence-corrected chi connectivity index (χ0v) is 14.2. The summed E-state index contributed by atoms with van der Waals surface area (Å²) in [6.07, 6.45) is -0.819. The number of ether oxygens (including phenoxy) is 1. The largest absolute Gasteiger partial charge is 0.459 e. The number of carbonyl (C=O) groups excluding carboxylic acids is 2. The molecule has 148 valence electrons. The number of halogens is 5. The van der Waals surface area contributed by atoms with Crippen molar-refractivity contribution >= 4 is 17.7 Å². The molecule has 1 aromatic rings. The van der Waals surface area contributed by atoms with E-state index in [-0.39, 0.29) is 17.9 Å². The van der Waals surface area contributed by atoms with E-state index in [1.54, 1.807) is 12.1 Å². The summed E-state index contributed by atoms with van der Waals surface area (Å²) in [5.41, 5.74) is 5.40. The first-order chi connectivity index (χ1) is 13.1. The number of allylic oxidation sites excluding steroid dienone is 2. The fraction of sp³-hybridized carbons (Fsp3) is 0.278. The molecule has 10 heteroatoms. The van der Waals surface area contributed by atoms with Crippen LogP contribution in [0.25, 0.3) is 0 Å². The highest BCUT2D eigenvalue weighted by molar-refractivity contribution is 6.07. The Bertz CT molecular complexity index is 865. The van der Waals surface area contributed by atoms with Crippen LogP contribution in [0.2, 0.25) is 0 Å². The zero-order chi connectivity index (χ0) is 20.8. The van der Waals surface area contributed by atoms with Gasteiger partial charge in [-0.3, -0.25) is 14.5 Å². The van der Waals surface area contributed by atoms with Crippen LogP contribution in [0.3, 0.4) is 0 Å². The molecular formula is C18H13F5N2O3. The fourth-order valence-corrected chi connectivity index (χ4v) is 2.00. The Morgan fingerprint density at radius 1 is 1.14 bits per heavy atom. The number of hydrogen-bond acceptors (Lipinski definition) is 4. The first-order valence-electron chi connectivity index (χ1n) is 7.83. The molecule has 28 heavy (non-hydrogen) atoms. The number of aromatic nitrogens is 1. The number of pyridine rings is 1. The van der Waals surface area contributed by atoms with Crippen LogP contribution in [0.1, 0.15) is 6.42 Å². The van der Waals surface area contributed by atoms with Crippen LogP contribution in [-0.2, 0) is 14.3 Å². The normalized spacial score (nSPS) is 13.2. The molecule has 0 radical (unpaired) electrons. The zero-order valence-electron chi connectivity index (χ0n) is 14.2. The van der Waals surface area contributed by atoms with Crippen molar-refractivity contribution in [3.63, 3.8) is 0 Å². The van der Waals surface area contributed by atoms with Crippen molar-refractivity contribution in [3.8, 4) is 0 Å². The smallest absolute Gasteiger partial charge is 0.456 e. The summed E-state index contributed by atoms with van der Waals surface area (Å²) in [6, 6.07) is 4.64. The lowest BCUT2D eigenvalue weighted by atomic mass is 10.1.